The van der Waals surface area contributed by atoms with Crippen LogP contribution in [0.1, 0.15) is 5.56 Å². The van der Waals surface area contributed by atoms with Crippen LogP contribution in [0.4, 0.5) is 5.69 Å². The Morgan fingerprint density at radius 1 is 1.17 bits per heavy atom. The third-order valence-corrected chi connectivity index (χ3v) is 3.68. The highest BCUT2D eigenvalue weighted by molar-refractivity contribution is 6.30. The summed E-state index contributed by atoms with van der Waals surface area (Å²) < 4.78 is 10.6. The fourth-order valence-electron chi connectivity index (χ4n) is 2.39. The number of halogens is 1. The minimum absolute atomic E-state index is 0.0736. The summed E-state index contributed by atoms with van der Waals surface area (Å²) >= 11 is 5.82. The summed E-state index contributed by atoms with van der Waals surface area (Å²) in [5, 5.41) is 3.49. The van der Waals surface area contributed by atoms with Gasteiger partial charge in [0, 0.05) is 17.3 Å². The van der Waals surface area contributed by atoms with Crippen molar-refractivity contribution in [3.8, 4) is 11.5 Å². The third-order valence-electron chi connectivity index (χ3n) is 3.43. The number of hydrogen-bond acceptors (Lipinski definition) is 4. The molecule has 120 valence electrons. The van der Waals surface area contributed by atoms with E-state index in [0.29, 0.717) is 11.6 Å². The summed E-state index contributed by atoms with van der Waals surface area (Å²) in [6, 6.07) is 12.8. The summed E-state index contributed by atoms with van der Waals surface area (Å²) in [6.45, 7) is 1.19. The Kier molecular flexibility index (Phi) is 4.69. The van der Waals surface area contributed by atoms with E-state index in [9.17, 15) is 4.79 Å². The number of carbonyl (C=O) groups excluding carboxylic acids is 1. The molecule has 0 unspecified atom stereocenters. The molecule has 5 nitrogen and oxygen atoms in total. The van der Waals surface area contributed by atoms with Gasteiger partial charge in [-0.2, -0.15) is 0 Å². The van der Waals surface area contributed by atoms with Gasteiger partial charge in [0.15, 0.2) is 11.5 Å². The van der Waals surface area contributed by atoms with E-state index in [-0.39, 0.29) is 19.2 Å². The zero-order valence-electron chi connectivity index (χ0n) is 12.7. The number of amides is 1. The van der Waals surface area contributed by atoms with Gasteiger partial charge in [-0.05, 0) is 49.0 Å². The highest BCUT2D eigenvalue weighted by Crippen LogP contribution is 2.32. The maximum atomic E-state index is 12.1. The van der Waals surface area contributed by atoms with Crippen molar-refractivity contribution >= 4 is 23.2 Å². The Hall–Kier alpha value is -2.24. The molecular formula is C17H17ClN2O3. The summed E-state index contributed by atoms with van der Waals surface area (Å²) in [6.07, 6.45) is 0. The normalized spacial score (nSPS) is 12.5. The van der Waals surface area contributed by atoms with Gasteiger partial charge >= 0.3 is 0 Å². The highest BCUT2D eigenvalue weighted by atomic mass is 35.5. The monoisotopic (exact) mass is 332 g/mol. The molecule has 23 heavy (non-hydrogen) atoms. The van der Waals surface area contributed by atoms with Crippen LogP contribution >= 0.6 is 11.6 Å². The number of rotatable bonds is 5. The standard InChI is InChI=1S/C17H17ClN2O3/c1-20(9-12-2-7-15-16(8-12)23-11-22-15)10-17(21)19-14-5-3-13(18)4-6-14/h2-8H,9-11H2,1H3,(H,19,21). The maximum Gasteiger partial charge on any atom is 0.238 e. The number of anilines is 1. The van der Waals surface area contributed by atoms with Gasteiger partial charge in [-0.3, -0.25) is 9.69 Å². The van der Waals surface area contributed by atoms with Gasteiger partial charge in [0.05, 0.1) is 6.54 Å². The molecule has 1 heterocycles. The zero-order valence-corrected chi connectivity index (χ0v) is 13.5. The minimum atomic E-state index is -0.0736. The number of fused-ring (bicyclic) bond motifs is 1. The molecular weight excluding hydrogens is 316 g/mol. The number of nitrogens with zero attached hydrogens (tertiary/aromatic N) is 1. The molecule has 2 aromatic carbocycles. The molecule has 0 saturated carbocycles. The van der Waals surface area contributed by atoms with E-state index in [1.54, 1.807) is 24.3 Å². The van der Waals surface area contributed by atoms with Gasteiger partial charge in [0.2, 0.25) is 12.7 Å². The first-order valence-corrected chi connectivity index (χ1v) is 7.60. The lowest BCUT2D eigenvalue weighted by Crippen LogP contribution is -2.29. The van der Waals surface area contributed by atoms with Gasteiger partial charge in [0.1, 0.15) is 0 Å². The van der Waals surface area contributed by atoms with Crippen molar-refractivity contribution in [2.24, 2.45) is 0 Å². The second-order valence-electron chi connectivity index (χ2n) is 5.41. The summed E-state index contributed by atoms with van der Waals surface area (Å²) in [5.41, 5.74) is 1.80. The van der Waals surface area contributed by atoms with Gasteiger partial charge < -0.3 is 14.8 Å². The van der Waals surface area contributed by atoms with E-state index in [1.165, 1.54) is 0 Å². The molecule has 0 atom stereocenters. The van der Waals surface area contributed by atoms with Gasteiger partial charge in [0.25, 0.3) is 0 Å². The van der Waals surface area contributed by atoms with Crippen LogP contribution in [0.2, 0.25) is 5.02 Å². The molecule has 0 aromatic heterocycles. The van der Waals surface area contributed by atoms with Gasteiger partial charge in [-0.15, -0.1) is 0 Å². The van der Waals surface area contributed by atoms with Crippen molar-refractivity contribution in [1.29, 1.82) is 0 Å². The number of carbonyl (C=O) groups is 1. The third kappa shape index (κ3) is 4.15. The van der Waals surface area contributed by atoms with Crippen LogP contribution in [0.5, 0.6) is 11.5 Å². The molecule has 1 aliphatic rings. The fraction of sp³-hybridized carbons (Fsp3) is 0.235. The van der Waals surface area contributed by atoms with Crippen LogP contribution in [0, 0.1) is 0 Å². The lowest BCUT2D eigenvalue weighted by Gasteiger charge is -2.16. The van der Waals surface area contributed by atoms with Crippen LogP contribution in [-0.2, 0) is 11.3 Å². The molecule has 1 amide bonds. The van der Waals surface area contributed by atoms with Crippen LogP contribution in [0.25, 0.3) is 0 Å². The van der Waals surface area contributed by atoms with Gasteiger partial charge in [-0.25, -0.2) is 0 Å². The average molecular weight is 333 g/mol. The van der Waals surface area contributed by atoms with E-state index in [2.05, 4.69) is 5.32 Å². The molecule has 0 spiro atoms. The average Bonchev–Trinajstić information content (AvgIpc) is 2.97. The van der Waals surface area contributed by atoms with Crippen molar-refractivity contribution in [2.45, 2.75) is 6.54 Å². The van der Waals surface area contributed by atoms with E-state index in [0.717, 1.165) is 22.7 Å². The van der Waals surface area contributed by atoms with Crippen molar-refractivity contribution in [2.75, 3.05) is 25.7 Å². The molecule has 3 rings (SSSR count). The molecule has 1 aliphatic heterocycles. The topological polar surface area (TPSA) is 50.8 Å². The van der Waals surface area contributed by atoms with E-state index >= 15 is 0 Å². The van der Waals surface area contributed by atoms with Crippen LogP contribution in [-0.4, -0.2) is 31.2 Å². The molecule has 0 radical (unpaired) electrons. The second-order valence-corrected chi connectivity index (χ2v) is 5.85. The highest BCUT2D eigenvalue weighted by Gasteiger charge is 2.14. The Labute approximate surface area is 139 Å². The number of likely N-dealkylation sites (N-methyl/N-ethyl adjacent to an activating group) is 1. The summed E-state index contributed by atoms with van der Waals surface area (Å²) in [7, 11) is 1.89. The number of nitrogens with one attached hydrogen (secondary N) is 1. The van der Waals surface area contributed by atoms with Gasteiger partial charge in [-0.1, -0.05) is 17.7 Å². The van der Waals surface area contributed by atoms with Crippen LogP contribution < -0.4 is 14.8 Å². The van der Waals surface area contributed by atoms with E-state index in [1.807, 2.05) is 30.1 Å². The summed E-state index contributed by atoms with van der Waals surface area (Å²) in [4.78, 5) is 14.0. The predicted molar refractivity (Wildman–Crippen MR) is 89.0 cm³/mol. The molecule has 2 aromatic rings. The molecule has 0 bridgehead atoms. The van der Waals surface area contributed by atoms with Crippen molar-refractivity contribution in [3.05, 3.63) is 53.1 Å². The van der Waals surface area contributed by atoms with Crippen LogP contribution in [0.3, 0.4) is 0 Å². The number of benzene rings is 2. The first-order chi connectivity index (χ1) is 11.1. The first-order valence-electron chi connectivity index (χ1n) is 7.22. The van der Waals surface area contributed by atoms with E-state index in [4.69, 9.17) is 21.1 Å². The Balaban J connectivity index is 1.53. The molecule has 0 fully saturated rings. The van der Waals surface area contributed by atoms with Crippen molar-refractivity contribution in [3.63, 3.8) is 0 Å². The summed E-state index contributed by atoms with van der Waals surface area (Å²) in [5.74, 6) is 1.44. The number of hydrogen-bond donors (Lipinski definition) is 1. The Bertz CT molecular complexity index is 703. The molecule has 0 saturated heterocycles. The maximum absolute atomic E-state index is 12.1. The quantitative estimate of drug-likeness (QED) is 0.914. The Morgan fingerprint density at radius 3 is 2.70 bits per heavy atom. The van der Waals surface area contributed by atoms with E-state index < -0.39 is 0 Å². The second kappa shape index (κ2) is 6.89. The van der Waals surface area contributed by atoms with Crippen molar-refractivity contribution in [1.82, 2.24) is 4.90 Å². The largest absolute Gasteiger partial charge is 0.454 e. The number of ether oxygens (including phenoxy) is 2. The van der Waals surface area contributed by atoms with Crippen LogP contribution in [0.15, 0.2) is 42.5 Å². The smallest absolute Gasteiger partial charge is 0.238 e. The molecule has 0 aliphatic carbocycles. The minimum Gasteiger partial charge on any atom is -0.454 e. The lowest BCUT2D eigenvalue weighted by molar-refractivity contribution is -0.117. The Morgan fingerprint density at radius 2 is 1.91 bits per heavy atom. The zero-order chi connectivity index (χ0) is 16.2. The molecule has 1 N–H and O–H groups in total. The SMILES string of the molecule is CN(CC(=O)Nc1ccc(Cl)cc1)Cc1ccc2c(c1)OCO2. The first kappa shape index (κ1) is 15.6. The predicted octanol–water partition coefficient (Wildman–Crippen LogP) is 3.14. The fourth-order valence-corrected chi connectivity index (χ4v) is 2.51. The molecule has 6 heteroatoms. The lowest BCUT2D eigenvalue weighted by atomic mass is 10.2. The van der Waals surface area contributed by atoms with Crippen molar-refractivity contribution < 1.29 is 14.3 Å².